The molecule has 1 atom stereocenters. The Morgan fingerprint density at radius 2 is 1.93 bits per heavy atom. The van der Waals surface area contributed by atoms with E-state index in [9.17, 15) is 5.11 Å². The Balaban J connectivity index is 2.83. The Kier molecular flexibility index (Phi) is 3.47. The maximum Gasteiger partial charge on any atom is 0.0931 e. The molecule has 1 N–H and O–H groups in total. The molecule has 0 aliphatic rings. The summed E-state index contributed by atoms with van der Waals surface area (Å²) >= 11 is 0. The lowest BCUT2D eigenvalue weighted by Gasteiger charge is -2.23. The van der Waals surface area contributed by atoms with E-state index < -0.39 is 6.10 Å². The summed E-state index contributed by atoms with van der Waals surface area (Å²) in [5, 5.41) is 9.29. The number of hydrogen-bond acceptors (Lipinski definition) is 3. The van der Waals surface area contributed by atoms with Crippen LogP contribution >= 0.6 is 0 Å². The fraction of sp³-hybridized carbons (Fsp3) is 0.545. The van der Waals surface area contributed by atoms with Crippen molar-refractivity contribution in [1.29, 1.82) is 0 Å². The second kappa shape index (κ2) is 4.42. The van der Waals surface area contributed by atoms with Crippen molar-refractivity contribution < 1.29 is 5.11 Å². The van der Waals surface area contributed by atoms with Crippen LogP contribution in [-0.2, 0) is 0 Å². The molecule has 1 heterocycles. The van der Waals surface area contributed by atoms with Gasteiger partial charge in [-0.3, -0.25) is 4.98 Å². The Bertz CT molecular complexity index is 280. The molecular weight excluding hydrogens is 176 g/mol. The minimum absolute atomic E-state index is 0.453. The second-order valence-electron chi connectivity index (χ2n) is 3.82. The third-order valence-electron chi connectivity index (χ3n) is 2.38. The lowest BCUT2D eigenvalue weighted by molar-refractivity contribution is 0.194. The van der Waals surface area contributed by atoms with Gasteiger partial charge in [0.1, 0.15) is 0 Å². The molecule has 1 aromatic rings. The first-order valence-corrected chi connectivity index (χ1v) is 4.89. The fourth-order valence-electron chi connectivity index (χ4n) is 1.15. The summed E-state index contributed by atoms with van der Waals surface area (Å²) in [6.45, 7) is 5.97. The van der Waals surface area contributed by atoms with Gasteiger partial charge in [0.05, 0.1) is 23.7 Å². The van der Waals surface area contributed by atoms with Crippen LogP contribution in [0.3, 0.4) is 0 Å². The predicted molar refractivity (Wildman–Crippen MR) is 58.4 cm³/mol. The van der Waals surface area contributed by atoms with Gasteiger partial charge < -0.3 is 10.0 Å². The van der Waals surface area contributed by atoms with Crippen LogP contribution in [0.25, 0.3) is 0 Å². The summed E-state index contributed by atoms with van der Waals surface area (Å²) in [4.78, 5) is 6.33. The smallest absolute Gasteiger partial charge is 0.0931 e. The highest BCUT2D eigenvalue weighted by Gasteiger charge is 2.06. The van der Waals surface area contributed by atoms with Gasteiger partial charge in [-0.05, 0) is 32.9 Å². The zero-order valence-corrected chi connectivity index (χ0v) is 9.23. The van der Waals surface area contributed by atoms with Crippen LogP contribution in [0.15, 0.2) is 18.3 Å². The molecule has 0 saturated heterocycles. The standard InChI is InChI=1S/C11H18N2O/c1-8(2)13(4)10-5-6-11(9(3)14)12-7-10/h5-9,14H,1-4H3/t9-/m1/s1. The minimum Gasteiger partial charge on any atom is -0.387 e. The summed E-state index contributed by atoms with van der Waals surface area (Å²) in [5.41, 5.74) is 1.79. The molecule has 0 aromatic carbocycles. The Morgan fingerprint density at radius 1 is 1.29 bits per heavy atom. The van der Waals surface area contributed by atoms with E-state index in [0.717, 1.165) is 5.69 Å². The number of rotatable bonds is 3. The molecule has 0 aliphatic heterocycles. The fourth-order valence-corrected chi connectivity index (χ4v) is 1.15. The van der Waals surface area contributed by atoms with Gasteiger partial charge in [-0.25, -0.2) is 0 Å². The summed E-state index contributed by atoms with van der Waals surface area (Å²) in [5.74, 6) is 0. The first-order chi connectivity index (χ1) is 6.52. The maximum absolute atomic E-state index is 9.29. The molecule has 14 heavy (non-hydrogen) atoms. The highest BCUT2D eigenvalue weighted by Crippen LogP contribution is 2.16. The van der Waals surface area contributed by atoms with Gasteiger partial charge in [0.15, 0.2) is 0 Å². The zero-order chi connectivity index (χ0) is 10.7. The Labute approximate surface area is 85.4 Å². The van der Waals surface area contributed by atoms with Gasteiger partial charge in [0.2, 0.25) is 0 Å². The van der Waals surface area contributed by atoms with Crippen molar-refractivity contribution in [1.82, 2.24) is 4.98 Å². The average Bonchev–Trinajstić information content (AvgIpc) is 2.16. The van der Waals surface area contributed by atoms with E-state index in [0.29, 0.717) is 11.7 Å². The van der Waals surface area contributed by atoms with Crippen LogP contribution in [0, 0.1) is 0 Å². The van der Waals surface area contributed by atoms with E-state index in [-0.39, 0.29) is 0 Å². The van der Waals surface area contributed by atoms with E-state index in [1.165, 1.54) is 0 Å². The number of anilines is 1. The van der Waals surface area contributed by atoms with Crippen LogP contribution in [0.1, 0.15) is 32.6 Å². The van der Waals surface area contributed by atoms with Crippen LogP contribution in [0.5, 0.6) is 0 Å². The molecule has 0 saturated carbocycles. The minimum atomic E-state index is -0.492. The molecule has 0 bridgehead atoms. The van der Waals surface area contributed by atoms with Gasteiger partial charge in [-0.1, -0.05) is 0 Å². The average molecular weight is 194 g/mol. The molecule has 0 aliphatic carbocycles. The second-order valence-corrected chi connectivity index (χ2v) is 3.82. The van der Waals surface area contributed by atoms with E-state index >= 15 is 0 Å². The van der Waals surface area contributed by atoms with Gasteiger partial charge in [0.25, 0.3) is 0 Å². The van der Waals surface area contributed by atoms with Crippen LogP contribution in [0.2, 0.25) is 0 Å². The molecule has 3 heteroatoms. The van der Waals surface area contributed by atoms with E-state index in [1.807, 2.05) is 19.2 Å². The number of pyridine rings is 1. The number of hydrogen-bond donors (Lipinski definition) is 1. The topological polar surface area (TPSA) is 36.4 Å². The van der Waals surface area contributed by atoms with E-state index in [2.05, 4.69) is 23.7 Å². The first kappa shape index (κ1) is 11.0. The number of aliphatic hydroxyl groups is 1. The summed E-state index contributed by atoms with van der Waals surface area (Å²) in [6.07, 6.45) is 1.30. The monoisotopic (exact) mass is 194 g/mol. The first-order valence-electron chi connectivity index (χ1n) is 4.89. The predicted octanol–water partition coefficient (Wildman–Crippen LogP) is 1.98. The van der Waals surface area contributed by atoms with Crippen molar-refractivity contribution in [3.8, 4) is 0 Å². The summed E-state index contributed by atoms with van der Waals surface area (Å²) in [7, 11) is 2.03. The van der Waals surface area contributed by atoms with Gasteiger partial charge in [0, 0.05) is 13.1 Å². The molecular formula is C11H18N2O. The number of aromatic nitrogens is 1. The van der Waals surface area contributed by atoms with Crippen LogP contribution in [0.4, 0.5) is 5.69 Å². The molecule has 1 aromatic heterocycles. The van der Waals surface area contributed by atoms with E-state index in [1.54, 1.807) is 13.1 Å². The molecule has 0 spiro atoms. The Hall–Kier alpha value is -1.09. The van der Waals surface area contributed by atoms with Crippen LogP contribution in [-0.4, -0.2) is 23.2 Å². The molecule has 0 radical (unpaired) electrons. The molecule has 0 amide bonds. The van der Waals surface area contributed by atoms with Crippen molar-refractivity contribution in [3.05, 3.63) is 24.0 Å². The zero-order valence-electron chi connectivity index (χ0n) is 9.23. The maximum atomic E-state index is 9.29. The molecule has 3 nitrogen and oxygen atoms in total. The van der Waals surface area contributed by atoms with Crippen molar-refractivity contribution in [3.63, 3.8) is 0 Å². The summed E-state index contributed by atoms with van der Waals surface area (Å²) < 4.78 is 0. The third-order valence-corrected chi connectivity index (χ3v) is 2.38. The highest BCUT2D eigenvalue weighted by molar-refractivity contribution is 5.44. The number of aliphatic hydroxyl groups excluding tert-OH is 1. The van der Waals surface area contributed by atoms with Gasteiger partial charge in [-0.2, -0.15) is 0 Å². The van der Waals surface area contributed by atoms with Gasteiger partial charge in [-0.15, -0.1) is 0 Å². The van der Waals surface area contributed by atoms with Crippen molar-refractivity contribution in [2.75, 3.05) is 11.9 Å². The highest BCUT2D eigenvalue weighted by atomic mass is 16.3. The van der Waals surface area contributed by atoms with E-state index in [4.69, 9.17) is 0 Å². The SMILES string of the molecule is CC(C)N(C)c1ccc([C@@H](C)O)nc1. The van der Waals surface area contributed by atoms with Gasteiger partial charge >= 0.3 is 0 Å². The number of nitrogens with zero attached hydrogens (tertiary/aromatic N) is 2. The molecule has 0 fully saturated rings. The molecule has 0 unspecified atom stereocenters. The lowest BCUT2D eigenvalue weighted by Crippen LogP contribution is -2.25. The Morgan fingerprint density at radius 3 is 2.29 bits per heavy atom. The van der Waals surface area contributed by atoms with Crippen molar-refractivity contribution in [2.45, 2.75) is 32.9 Å². The normalized spacial score (nSPS) is 13.0. The van der Waals surface area contributed by atoms with Crippen molar-refractivity contribution in [2.24, 2.45) is 0 Å². The summed E-state index contributed by atoms with van der Waals surface area (Å²) in [6, 6.07) is 4.29. The van der Waals surface area contributed by atoms with Crippen molar-refractivity contribution >= 4 is 5.69 Å². The quantitative estimate of drug-likeness (QED) is 0.799. The van der Waals surface area contributed by atoms with Crippen LogP contribution < -0.4 is 4.90 Å². The largest absolute Gasteiger partial charge is 0.387 e. The lowest BCUT2D eigenvalue weighted by atomic mass is 10.2. The molecule has 1 rings (SSSR count). The molecule has 78 valence electrons. The third kappa shape index (κ3) is 2.45.